The smallest absolute Gasteiger partial charge is 0.311 e. The number of ether oxygens (including phenoxy) is 3. The summed E-state index contributed by atoms with van der Waals surface area (Å²) in [7, 11) is 3.10. The highest BCUT2D eigenvalue weighted by Crippen LogP contribution is 2.34. The molecule has 1 heterocycles. The number of nitrogens with one attached hydrogen (secondary N) is 2. The fraction of sp³-hybridized carbons (Fsp3) is 0.320. The molecule has 0 unspecified atom stereocenters. The number of carbonyl (C=O) groups is 2. The Bertz CT molecular complexity index is 1120. The van der Waals surface area contributed by atoms with Gasteiger partial charge in [-0.2, -0.15) is 0 Å². The number of hydrogen-bond donors (Lipinski definition) is 2. The number of aliphatic imine (C=N–C) groups is 1. The number of fused-ring (bicyclic) bond motifs is 1. The molecule has 0 atom stereocenters. The number of hydrogen-bond acceptors (Lipinski definition) is 8. The number of anilines is 2. The third-order valence-electron chi connectivity index (χ3n) is 5.06. The summed E-state index contributed by atoms with van der Waals surface area (Å²) in [4.78, 5) is 29.5. The average molecular weight is 484 g/mol. The Kier molecular flexibility index (Phi) is 8.59. The van der Waals surface area contributed by atoms with Gasteiger partial charge in [0.25, 0.3) is 0 Å². The number of aryl methyl sites for hydroxylation is 2. The van der Waals surface area contributed by atoms with E-state index < -0.39 is 0 Å². The number of thioether (sulfide) groups is 1. The van der Waals surface area contributed by atoms with Crippen molar-refractivity contribution in [2.24, 2.45) is 4.99 Å². The molecule has 0 saturated carbocycles. The van der Waals surface area contributed by atoms with Gasteiger partial charge in [-0.05, 0) is 50.1 Å². The quantitative estimate of drug-likeness (QED) is 0.511. The van der Waals surface area contributed by atoms with Crippen molar-refractivity contribution in [2.45, 2.75) is 27.2 Å². The van der Waals surface area contributed by atoms with Crippen molar-refractivity contribution in [3.63, 3.8) is 0 Å². The summed E-state index contributed by atoms with van der Waals surface area (Å²) in [6.07, 6.45) is 1.86. The second-order valence-electron chi connectivity index (χ2n) is 7.62. The van der Waals surface area contributed by atoms with Gasteiger partial charge >= 0.3 is 5.97 Å². The van der Waals surface area contributed by atoms with Crippen LogP contribution in [0.5, 0.6) is 11.5 Å². The lowest BCUT2D eigenvalue weighted by Crippen LogP contribution is -2.15. The van der Waals surface area contributed by atoms with E-state index in [1.807, 2.05) is 26.0 Å². The molecule has 180 valence electrons. The fourth-order valence-electron chi connectivity index (χ4n) is 3.26. The molecule has 1 aliphatic heterocycles. The van der Waals surface area contributed by atoms with Crippen LogP contribution in [0.15, 0.2) is 47.1 Å². The lowest BCUT2D eigenvalue weighted by Gasteiger charge is -2.12. The molecule has 0 aliphatic carbocycles. The lowest BCUT2D eigenvalue weighted by atomic mass is 10.1. The van der Waals surface area contributed by atoms with Gasteiger partial charge in [-0.1, -0.05) is 11.8 Å². The maximum absolute atomic E-state index is 12.7. The van der Waals surface area contributed by atoms with Gasteiger partial charge in [-0.25, -0.2) is 4.99 Å². The summed E-state index contributed by atoms with van der Waals surface area (Å²) < 4.78 is 15.6. The molecule has 9 heteroatoms. The number of amides is 1. The van der Waals surface area contributed by atoms with Crippen LogP contribution in [0.4, 0.5) is 17.1 Å². The van der Waals surface area contributed by atoms with E-state index in [0.29, 0.717) is 34.5 Å². The highest BCUT2D eigenvalue weighted by Gasteiger charge is 2.17. The molecule has 0 fully saturated rings. The molecule has 0 saturated heterocycles. The second kappa shape index (κ2) is 11.6. The first-order valence-corrected chi connectivity index (χ1v) is 11.8. The molecular weight excluding hydrogens is 454 g/mol. The minimum absolute atomic E-state index is 0.0790. The Morgan fingerprint density at radius 2 is 1.71 bits per heavy atom. The van der Waals surface area contributed by atoms with Gasteiger partial charge in [-0.3, -0.25) is 9.59 Å². The van der Waals surface area contributed by atoms with Crippen molar-refractivity contribution in [3.05, 3.63) is 53.2 Å². The van der Waals surface area contributed by atoms with Crippen LogP contribution in [0.3, 0.4) is 0 Å². The Balaban J connectivity index is 1.78. The Hall–Kier alpha value is -3.46. The van der Waals surface area contributed by atoms with Crippen LogP contribution in [0.2, 0.25) is 0 Å². The fourth-order valence-corrected chi connectivity index (χ4v) is 4.00. The Labute approximate surface area is 203 Å². The van der Waals surface area contributed by atoms with Gasteiger partial charge < -0.3 is 24.8 Å². The van der Waals surface area contributed by atoms with E-state index in [4.69, 9.17) is 19.2 Å². The van der Waals surface area contributed by atoms with Crippen molar-refractivity contribution in [1.29, 1.82) is 0 Å². The first-order chi connectivity index (χ1) is 16.3. The van der Waals surface area contributed by atoms with E-state index in [0.717, 1.165) is 22.5 Å². The third-order valence-corrected chi connectivity index (χ3v) is 5.97. The number of carbonyl (C=O) groups excluding carboxylic acids is 2. The average Bonchev–Trinajstić information content (AvgIpc) is 2.96. The summed E-state index contributed by atoms with van der Waals surface area (Å²) >= 11 is 1.28. The largest absolute Gasteiger partial charge is 0.497 e. The van der Waals surface area contributed by atoms with Crippen LogP contribution in [0, 0.1) is 13.8 Å². The maximum atomic E-state index is 12.7. The minimum Gasteiger partial charge on any atom is -0.497 e. The highest BCUT2D eigenvalue weighted by molar-refractivity contribution is 8.14. The number of rotatable bonds is 8. The van der Waals surface area contributed by atoms with Gasteiger partial charge in [0.1, 0.15) is 11.5 Å². The summed E-state index contributed by atoms with van der Waals surface area (Å²) in [6.45, 7) is 6.12. The minimum atomic E-state index is -0.331. The Morgan fingerprint density at radius 1 is 1.03 bits per heavy atom. The zero-order valence-electron chi connectivity index (χ0n) is 20.0. The zero-order valence-corrected chi connectivity index (χ0v) is 20.8. The standard InChI is InChI=1S/C25H29N3O5S/c1-6-33-25(30)12-18-11-24(28-22-8-16(3)15(2)7-21(22)26-18)34-14-23(29)27-17-9-19(31-4)13-20(10-17)32-5/h7-11,13,26H,6,12,14H2,1-5H3,(H,27,29). The summed E-state index contributed by atoms with van der Waals surface area (Å²) in [5.74, 6) is 0.746. The first kappa shape index (κ1) is 25.2. The van der Waals surface area contributed by atoms with E-state index >= 15 is 0 Å². The normalized spacial score (nSPS) is 12.4. The van der Waals surface area contributed by atoms with Crippen LogP contribution in [-0.4, -0.2) is 43.5 Å². The molecule has 0 bridgehead atoms. The predicted octanol–water partition coefficient (Wildman–Crippen LogP) is 4.99. The third kappa shape index (κ3) is 6.77. The van der Waals surface area contributed by atoms with Crippen LogP contribution in [-0.2, 0) is 14.3 Å². The topological polar surface area (TPSA) is 98.3 Å². The predicted molar refractivity (Wildman–Crippen MR) is 137 cm³/mol. The van der Waals surface area contributed by atoms with Gasteiger partial charge in [0.05, 0.1) is 49.4 Å². The van der Waals surface area contributed by atoms with E-state index in [9.17, 15) is 9.59 Å². The van der Waals surface area contributed by atoms with Crippen molar-refractivity contribution >= 4 is 45.7 Å². The van der Waals surface area contributed by atoms with Crippen molar-refractivity contribution < 1.29 is 23.8 Å². The monoisotopic (exact) mass is 483 g/mol. The molecule has 3 rings (SSSR count). The van der Waals surface area contributed by atoms with Crippen LogP contribution < -0.4 is 20.1 Å². The molecule has 0 spiro atoms. The molecule has 0 radical (unpaired) electrons. The molecular formula is C25H29N3O5S. The molecule has 1 aliphatic rings. The van der Waals surface area contributed by atoms with Crippen LogP contribution >= 0.6 is 11.8 Å². The number of benzene rings is 2. The van der Waals surface area contributed by atoms with Gasteiger partial charge in [0, 0.05) is 29.6 Å². The SMILES string of the molecule is CCOC(=O)CC1=CC(SCC(=O)Nc2cc(OC)cc(OC)c2)=Nc2cc(C)c(C)cc2N1. The van der Waals surface area contributed by atoms with Crippen molar-refractivity contribution in [2.75, 3.05) is 37.2 Å². The molecule has 0 aromatic heterocycles. The van der Waals surface area contributed by atoms with Gasteiger partial charge in [0.15, 0.2) is 0 Å². The first-order valence-electron chi connectivity index (χ1n) is 10.8. The number of methoxy groups -OCH3 is 2. The van der Waals surface area contributed by atoms with Crippen LogP contribution in [0.1, 0.15) is 24.5 Å². The van der Waals surface area contributed by atoms with E-state index in [-0.39, 0.29) is 24.1 Å². The van der Waals surface area contributed by atoms with Gasteiger partial charge in [0.2, 0.25) is 5.91 Å². The highest BCUT2D eigenvalue weighted by atomic mass is 32.2. The van der Waals surface area contributed by atoms with E-state index in [1.54, 1.807) is 45.4 Å². The summed E-state index contributed by atoms with van der Waals surface area (Å²) in [5, 5.41) is 6.78. The molecule has 34 heavy (non-hydrogen) atoms. The second-order valence-corrected chi connectivity index (χ2v) is 8.61. The summed E-state index contributed by atoms with van der Waals surface area (Å²) in [6, 6.07) is 9.16. The maximum Gasteiger partial charge on any atom is 0.311 e. The summed E-state index contributed by atoms with van der Waals surface area (Å²) in [5.41, 5.74) is 5.00. The number of nitrogens with zero attached hydrogens (tertiary/aromatic N) is 1. The van der Waals surface area contributed by atoms with E-state index in [2.05, 4.69) is 10.6 Å². The molecule has 8 nitrogen and oxygen atoms in total. The van der Waals surface area contributed by atoms with Crippen molar-refractivity contribution in [1.82, 2.24) is 0 Å². The van der Waals surface area contributed by atoms with Gasteiger partial charge in [-0.15, -0.1) is 0 Å². The van der Waals surface area contributed by atoms with Crippen LogP contribution in [0.25, 0.3) is 0 Å². The van der Waals surface area contributed by atoms with E-state index in [1.165, 1.54) is 11.8 Å². The van der Waals surface area contributed by atoms with Crippen molar-refractivity contribution in [3.8, 4) is 11.5 Å². The Morgan fingerprint density at radius 3 is 2.35 bits per heavy atom. The molecule has 2 N–H and O–H groups in total. The molecule has 2 aromatic carbocycles. The lowest BCUT2D eigenvalue weighted by molar-refractivity contribution is -0.142. The molecule has 2 aromatic rings. The zero-order chi connectivity index (χ0) is 24.7. The molecule has 1 amide bonds. The number of esters is 1.